The summed E-state index contributed by atoms with van der Waals surface area (Å²) in [6.07, 6.45) is 0. The van der Waals surface area contributed by atoms with Crippen LogP contribution in [-0.2, 0) is 0 Å². The maximum absolute atomic E-state index is 13.1. The van der Waals surface area contributed by atoms with Crippen LogP contribution in [-0.4, -0.2) is 0 Å². The molecule has 0 spiro atoms. The third-order valence-electron chi connectivity index (χ3n) is 2.86. The lowest BCUT2D eigenvalue weighted by Crippen LogP contribution is -2.12. The molecular formula is C14H12ClF2N. The van der Waals surface area contributed by atoms with Crippen LogP contribution in [0, 0.1) is 18.6 Å². The summed E-state index contributed by atoms with van der Waals surface area (Å²) < 4.78 is 26.0. The van der Waals surface area contributed by atoms with Gasteiger partial charge in [-0.05, 0) is 41.8 Å². The molecule has 0 aliphatic carbocycles. The summed E-state index contributed by atoms with van der Waals surface area (Å²) in [6.45, 7) is 1.88. The second-order valence-corrected chi connectivity index (χ2v) is 4.57. The molecule has 2 N–H and O–H groups in total. The SMILES string of the molecule is Cc1ccc(C(N)c2ccc(F)c(F)c2)cc1Cl. The van der Waals surface area contributed by atoms with Gasteiger partial charge in [0.1, 0.15) is 0 Å². The van der Waals surface area contributed by atoms with Gasteiger partial charge in [-0.1, -0.05) is 29.8 Å². The Morgan fingerprint density at radius 2 is 1.61 bits per heavy atom. The topological polar surface area (TPSA) is 26.0 Å². The van der Waals surface area contributed by atoms with E-state index in [4.69, 9.17) is 17.3 Å². The van der Waals surface area contributed by atoms with Crippen LogP contribution in [0.25, 0.3) is 0 Å². The Morgan fingerprint density at radius 3 is 2.22 bits per heavy atom. The highest BCUT2D eigenvalue weighted by atomic mass is 35.5. The lowest BCUT2D eigenvalue weighted by atomic mass is 9.98. The van der Waals surface area contributed by atoms with Crippen LogP contribution in [0.2, 0.25) is 5.02 Å². The van der Waals surface area contributed by atoms with Crippen molar-refractivity contribution in [2.75, 3.05) is 0 Å². The van der Waals surface area contributed by atoms with Crippen molar-refractivity contribution in [3.05, 3.63) is 69.7 Å². The van der Waals surface area contributed by atoms with E-state index in [1.54, 1.807) is 6.07 Å². The Labute approximate surface area is 109 Å². The van der Waals surface area contributed by atoms with E-state index in [0.717, 1.165) is 23.3 Å². The lowest BCUT2D eigenvalue weighted by molar-refractivity contribution is 0.506. The van der Waals surface area contributed by atoms with Gasteiger partial charge in [-0.25, -0.2) is 8.78 Å². The number of halogens is 3. The number of nitrogens with two attached hydrogens (primary N) is 1. The Hall–Kier alpha value is -1.45. The summed E-state index contributed by atoms with van der Waals surface area (Å²) >= 11 is 6.01. The van der Waals surface area contributed by atoms with Crippen LogP contribution in [0.1, 0.15) is 22.7 Å². The quantitative estimate of drug-likeness (QED) is 0.875. The number of benzene rings is 2. The van der Waals surface area contributed by atoms with Gasteiger partial charge in [0.05, 0.1) is 6.04 Å². The number of hydrogen-bond acceptors (Lipinski definition) is 1. The molecule has 2 rings (SSSR count). The van der Waals surface area contributed by atoms with E-state index < -0.39 is 17.7 Å². The second-order valence-electron chi connectivity index (χ2n) is 4.16. The van der Waals surface area contributed by atoms with Gasteiger partial charge in [-0.2, -0.15) is 0 Å². The van der Waals surface area contributed by atoms with Crippen molar-refractivity contribution in [1.82, 2.24) is 0 Å². The molecule has 1 unspecified atom stereocenters. The molecule has 1 atom stereocenters. The predicted molar refractivity (Wildman–Crippen MR) is 68.6 cm³/mol. The molecule has 0 radical (unpaired) electrons. The van der Waals surface area contributed by atoms with Crippen molar-refractivity contribution >= 4 is 11.6 Å². The van der Waals surface area contributed by atoms with Crippen molar-refractivity contribution in [2.45, 2.75) is 13.0 Å². The number of aryl methyl sites for hydroxylation is 1. The smallest absolute Gasteiger partial charge is 0.159 e. The minimum Gasteiger partial charge on any atom is -0.320 e. The van der Waals surface area contributed by atoms with E-state index in [1.165, 1.54) is 6.07 Å². The van der Waals surface area contributed by atoms with Crippen LogP contribution in [0.5, 0.6) is 0 Å². The third kappa shape index (κ3) is 2.52. The van der Waals surface area contributed by atoms with E-state index in [0.29, 0.717) is 10.6 Å². The van der Waals surface area contributed by atoms with Gasteiger partial charge in [0.15, 0.2) is 11.6 Å². The van der Waals surface area contributed by atoms with Crippen molar-refractivity contribution < 1.29 is 8.78 Å². The molecular weight excluding hydrogens is 256 g/mol. The van der Waals surface area contributed by atoms with E-state index in [9.17, 15) is 8.78 Å². The summed E-state index contributed by atoms with van der Waals surface area (Å²) in [7, 11) is 0. The third-order valence-corrected chi connectivity index (χ3v) is 3.26. The van der Waals surface area contributed by atoms with Gasteiger partial charge in [0, 0.05) is 5.02 Å². The highest BCUT2D eigenvalue weighted by Gasteiger charge is 2.12. The molecule has 94 valence electrons. The Kier molecular flexibility index (Phi) is 3.64. The zero-order valence-electron chi connectivity index (χ0n) is 9.75. The molecule has 2 aromatic rings. The van der Waals surface area contributed by atoms with Gasteiger partial charge in [-0.15, -0.1) is 0 Å². The second kappa shape index (κ2) is 5.04. The fraction of sp³-hybridized carbons (Fsp3) is 0.143. The molecule has 0 bridgehead atoms. The predicted octanol–water partition coefficient (Wildman–Crippen LogP) is 3.97. The molecule has 0 fully saturated rings. The first kappa shape index (κ1) is 13.0. The van der Waals surface area contributed by atoms with Gasteiger partial charge in [0.2, 0.25) is 0 Å². The summed E-state index contributed by atoms with van der Waals surface area (Å²) in [5.41, 5.74) is 8.22. The number of hydrogen-bond donors (Lipinski definition) is 1. The van der Waals surface area contributed by atoms with Crippen molar-refractivity contribution in [3.63, 3.8) is 0 Å². The summed E-state index contributed by atoms with van der Waals surface area (Å²) in [5.74, 6) is -1.78. The van der Waals surface area contributed by atoms with Crippen LogP contribution in [0.3, 0.4) is 0 Å². The Morgan fingerprint density at radius 1 is 1.00 bits per heavy atom. The van der Waals surface area contributed by atoms with Crippen molar-refractivity contribution in [2.24, 2.45) is 5.73 Å². The highest BCUT2D eigenvalue weighted by Crippen LogP contribution is 2.25. The minimum atomic E-state index is -0.902. The molecule has 0 aliphatic rings. The molecule has 1 nitrogen and oxygen atoms in total. The van der Waals surface area contributed by atoms with Crippen molar-refractivity contribution in [3.8, 4) is 0 Å². The van der Waals surface area contributed by atoms with E-state index in [-0.39, 0.29) is 0 Å². The van der Waals surface area contributed by atoms with Crippen LogP contribution in [0.15, 0.2) is 36.4 Å². The van der Waals surface area contributed by atoms with E-state index >= 15 is 0 Å². The van der Waals surface area contributed by atoms with Crippen LogP contribution < -0.4 is 5.73 Å². The highest BCUT2D eigenvalue weighted by molar-refractivity contribution is 6.31. The molecule has 0 saturated carbocycles. The van der Waals surface area contributed by atoms with Crippen molar-refractivity contribution in [1.29, 1.82) is 0 Å². The van der Waals surface area contributed by atoms with Crippen LogP contribution >= 0.6 is 11.6 Å². The first-order valence-corrected chi connectivity index (χ1v) is 5.83. The van der Waals surface area contributed by atoms with Gasteiger partial charge < -0.3 is 5.73 Å². The van der Waals surface area contributed by atoms with Gasteiger partial charge >= 0.3 is 0 Å². The standard InChI is InChI=1S/C14H12ClF2N/c1-8-2-3-9(6-11(8)15)14(18)10-4-5-12(16)13(17)7-10/h2-7,14H,18H2,1H3. The zero-order chi connectivity index (χ0) is 13.3. The van der Waals surface area contributed by atoms with E-state index in [1.807, 2.05) is 19.1 Å². The molecule has 0 saturated heterocycles. The molecule has 18 heavy (non-hydrogen) atoms. The van der Waals surface area contributed by atoms with Gasteiger partial charge in [0.25, 0.3) is 0 Å². The fourth-order valence-electron chi connectivity index (χ4n) is 1.70. The summed E-state index contributed by atoms with van der Waals surface area (Å²) in [5, 5.41) is 0.602. The first-order valence-electron chi connectivity index (χ1n) is 5.45. The molecule has 4 heteroatoms. The average molecular weight is 268 g/mol. The maximum Gasteiger partial charge on any atom is 0.159 e. The largest absolute Gasteiger partial charge is 0.320 e. The first-order chi connectivity index (χ1) is 8.49. The Bertz CT molecular complexity index is 533. The molecule has 0 aromatic heterocycles. The molecule has 0 amide bonds. The fourth-order valence-corrected chi connectivity index (χ4v) is 1.89. The minimum absolute atomic E-state index is 0.508. The zero-order valence-corrected chi connectivity index (χ0v) is 10.5. The molecule has 2 aromatic carbocycles. The maximum atomic E-state index is 13.1. The van der Waals surface area contributed by atoms with Crippen LogP contribution in [0.4, 0.5) is 8.78 Å². The normalized spacial score (nSPS) is 12.5. The molecule has 0 aliphatic heterocycles. The van der Waals surface area contributed by atoms with E-state index in [2.05, 4.69) is 0 Å². The average Bonchev–Trinajstić information content (AvgIpc) is 2.35. The molecule has 0 heterocycles. The number of rotatable bonds is 2. The summed E-state index contributed by atoms with van der Waals surface area (Å²) in [6, 6.07) is 8.52. The lowest BCUT2D eigenvalue weighted by Gasteiger charge is -2.14. The van der Waals surface area contributed by atoms with Gasteiger partial charge in [-0.3, -0.25) is 0 Å². The Balaban J connectivity index is 2.37. The monoisotopic (exact) mass is 267 g/mol. The summed E-state index contributed by atoms with van der Waals surface area (Å²) in [4.78, 5) is 0.